The van der Waals surface area contributed by atoms with Gasteiger partial charge < -0.3 is 13.7 Å². The third-order valence-electron chi connectivity index (χ3n) is 5.75. The minimum Gasteiger partial charge on any atom is -0.484 e. The van der Waals surface area contributed by atoms with Crippen molar-refractivity contribution in [1.82, 2.24) is 15.4 Å². The fraction of sp³-hybridized carbons (Fsp3) is 0.250. The zero-order valence-electron chi connectivity index (χ0n) is 17.2. The van der Waals surface area contributed by atoms with E-state index in [9.17, 15) is 9.59 Å². The van der Waals surface area contributed by atoms with Crippen LogP contribution in [0.15, 0.2) is 53.1 Å². The molecule has 1 aliphatic rings. The Morgan fingerprint density at radius 1 is 1.06 bits per heavy atom. The molecule has 0 atom stereocenters. The molecule has 1 aliphatic carbocycles. The Kier molecular flexibility index (Phi) is 4.86. The third kappa shape index (κ3) is 3.63. The molecule has 2 amide bonds. The molecule has 0 fully saturated rings. The largest absolute Gasteiger partial charge is 0.484 e. The number of ether oxygens (including phenoxy) is 1. The second-order valence-electron chi connectivity index (χ2n) is 7.83. The lowest BCUT2D eigenvalue weighted by atomic mass is 9.96. The normalized spacial score (nSPS) is 13.2. The van der Waals surface area contributed by atoms with E-state index in [1.807, 2.05) is 48.0 Å². The molecule has 0 radical (unpaired) electrons. The van der Waals surface area contributed by atoms with E-state index >= 15 is 0 Å². The summed E-state index contributed by atoms with van der Waals surface area (Å²) in [7, 11) is 1.87. The van der Waals surface area contributed by atoms with Crippen molar-refractivity contribution in [3.05, 3.63) is 65.5 Å². The van der Waals surface area contributed by atoms with Crippen molar-refractivity contribution in [3.8, 4) is 5.75 Å². The van der Waals surface area contributed by atoms with E-state index in [1.54, 1.807) is 12.3 Å². The number of hydrazine groups is 1. The second-order valence-corrected chi connectivity index (χ2v) is 7.83. The number of hydrogen-bond donors (Lipinski definition) is 2. The number of aromatic nitrogens is 1. The molecular weight excluding hydrogens is 394 g/mol. The molecule has 7 nitrogen and oxygen atoms in total. The van der Waals surface area contributed by atoms with Crippen LogP contribution in [0.25, 0.3) is 21.9 Å². The molecule has 2 heterocycles. The van der Waals surface area contributed by atoms with Gasteiger partial charge in [-0.15, -0.1) is 0 Å². The molecular formula is C24H23N3O4. The Bertz CT molecular complexity index is 1300. The molecule has 7 heteroatoms. The van der Waals surface area contributed by atoms with E-state index in [1.165, 1.54) is 5.56 Å². The van der Waals surface area contributed by atoms with Gasteiger partial charge in [0.1, 0.15) is 17.1 Å². The van der Waals surface area contributed by atoms with Crippen LogP contribution in [0.3, 0.4) is 0 Å². The predicted octanol–water partition coefficient (Wildman–Crippen LogP) is 3.64. The summed E-state index contributed by atoms with van der Waals surface area (Å²) in [6.07, 6.45) is 6.03. The standard InChI is InChI=1S/C24H23N3O4/c1-27-13-19(16-6-2-4-8-20(16)27)24(29)26-25-23(28)14-30-15-10-11-22-18(12-15)17-7-3-5-9-21(17)31-22/h2,4,6,8,10-13H,3,5,7,9,14H2,1H3,(H,25,28)(H,26,29). The number of carbonyl (C=O) groups is 2. The van der Waals surface area contributed by atoms with E-state index in [0.717, 1.165) is 53.3 Å². The van der Waals surface area contributed by atoms with Crippen molar-refractivity contribution in [1.29, 1.82) is 0 Å². The smallest absolute Gasteiger partial charge is 0.276 e. The minimum atomic E-state index is -0.442. The van der Waals surface area contributed by atoms with Crippen molar-refractivity contribution in [3.63, 3.8) is 0 Å². The van der Waals surface area contributed by atoms with Crippen molar-refractivity contribution in [2.45, 2.75) is 25.7 Å². The summed E-state index contributed by atoms with van der Waals surface area (Å²) in [4.78, 5) is 24.7. The number of nitrogens with one attached hydrogen (secondary N) is 2. The summed E-state index contributed by atoms with van der Waals surface area (Å²) in [6.45, 7) is -0.207. The highest BCUT2D eigenvalue weighted by Gasteiger charge is 2.18. The number of amides is 2. The number of para-hydroxylation sites is 1. The van der Waals surface area contributed by atoms with Crippen molar-refractivity contribution >= 4 is 33.7 Å². The number of hydrogen-bond acceptors (Lipinski definition) is 4. The van der Waals surface area contributed by atoms with Crippen molar-refractivity contribution in [2.24, 2.45) is 7.05 Å². The van der Waals surface area contributed by atoms with Gasteiger partial charge in [-0.25, -0.2) is 0 Å². The first-order chi connectivity index (χ1) is 15.1. The molecule has 31 heavy (non-hydrogen) atoms. The highest BCUT2D eigenvalue weighted by Crippen LogP contribution is 2.33. The van der Waals surface area contributed by atoms with Crippen LogP contribution in [-0.4, -0.2) is 23.0 Å². The average Bonchev–Trinajstić information content (AvgIpc) is 3.34. The Morgan fingerprint density at radius 2 is 1.90 bits per heavy atom. The maximum atomic E-state index is 12.5. The monoisotopic (exact) mass is 417 g/mol. The van der Waals surface area contributed by atoms with Gasteiger partial charge in [0.25, 0.3) is 11.8 Å². The third-order valence-corrected chi connectivity index (χ3v) is 5.75. The van der Waals surface area contributed by atoms with Crippen molar-refractivity contribution < 1.29 is 18.7 Å². The van der Waals surface area contributed by atoms with E-state index in [4.69, 9.17) is 9.15 Å². The van der Waals surface area contributed by atoms with Gasteiger partial charge in [-0.2, -0.15) is 0 Å². The zero-order chi connectivity index (χ0) is 21.4. The topological polar surface area (TPSA) is 85.5 Å². The lowest BCUT2D eigenvalue weighted by molar-refractivity contribution is -0.123. The van der Waals surface area contributed by atoms with E-state index in [-0.39, 0.29) is 12.5 Å². The molecule has 0 saturated heterocycles. The van der Waals surface area contributed by atoms with Crippen LogP contribution < -0.4 is 15.6 Å². The fourth-order valence-electron chi connectivity index (χ4n) is 4.23. The molecule has 5 rings (SSSR count). The summed E-state index contributed by atoms with van der Waals surface area (Å²) in [5.74, 6) is 0.837. The van der Waals surface area contributed by atoms with Gasteiger partial charge in [0, 0.05) is 41.5 Å². The van der Waals surface area contributed by atoms with Crippen LogP contribution in [0.1, 0.15) is 34.5 Å². The fourth-order valence-corrected chi connectivity index (χ4v) is 4.23. The Hall–Kier alpha value is -3.74. The molecule has 2 N–H and O–H groups in total. The second kappa shape index (κ2) is 7.83. The number of aryl methyl sites for hydroxylation is 3. The van der Waals surface area contributed by atoms with E-state index in [2.05, 4.69) is 10.9 Å². The van der Waals surface area contributed by atoms with Crippen LogP contribution in [0.4, 0.5) is 0 Å². The average molecular weight is 417 g/mol. The first-order valence-corrected chi connectivity index (χ1v) is 10.4. The highest BCUT2D eigenvalue weighted by molar-refractivity contribution is 6.07. The maximum Gasteiger partial charge on any atom is 0.276 e. The predicted molar refractivity (Wildman–Crippen MR) is 117 cm³/mol. The number of fused-ring (bicyclic) bond motifs is 4. The molecule has 0 unspecified atom stereocenters. The molecule has 0 aliphatic heterocycles. The van der Waals surface area contributed by atoms with Gasteiger partial charge in [-0.3, -0.25) is 20.4 Å². The molecule has 0 saturated carbocycles. The summed E-state index contributed by atoms with van der Waals surface area (Å²) in [5, 5.41) is 1.88. The first-order valence-electron chi connectivity index (χ1n) is 10.4. The number of nitrogens with zero attached hydrogens (tertiary/aromatic N) is 1. The van der Waals surface area contributed by atoms with Crippen LogP contribution in [-0.2, 0) is 24.7 Å². The van der Waals surface area contributed by atoms with Gasteiger partial charge in [-0.05, 0) is 43.5 Å². The Labute approximate surface area is 178 Å². The summed E-state index contributed by atoms with van der Waals surface area (Å²) in [6, 6.07) is 13.2. The van der Waals surface area contributed by atoms with E-state index in [0.29, 0.717) is 11.3 Å². The van der Waals surface area contributed by atoms with Crippen LogP contribution >= 0.6 is 0 Å². The lowest BCUT2D eigenvalue weighted by Gasteiger charge is -2.10. The number of rotatable bonds is 4. The lowest BCUT2D eigenvalue weighted by Crippen LogP contribution is -2.43. The molecule has 0 spiro atoms. The van der Waals surface area contributed by atoms with Gasteiger partial charge >= 0.3 is 0 Å². The molecule has 0 bridgehead atoms. The summed E-state index contributed by atoms with van der Waals surface area (Å²) < 4.78 is 13.4. The SMILES string of the molecule is Cn1cc(C(=O)NNC(=O)COc2ccc3oc4c(c3c2)CCCC4)c2ccccc21. The van der Waals surface area contributed by atoms with Crippen LogP contribution in [0.5, 0.6) is 5.75 Å². The zero-order valence-corrected chi connectivity index (χ0v) is 17.2. The van der Waals surface area contributed by atoms with Gasteiger partial charge in [0.15, 0.2) is 6.61 Å². The van der Waals surface area contributed by atoms with Gasteiger partial charge in [0.2, 0.25) is 0 Å². The quantitative estimate of drug-likeness (QED) is 0.497. The molecule has 158 valence electrons. The van der Waals surface area contributed by atoms with Crippen molar-refractivity contribution in [2.75, 3.05) is 6.61 Å². The van der Waals surface area contributed by atoms with Crippen LogP contribution in [0.2, 0.25) is 0 Å². The highest BCUT2D eigenvalue weighted by atomic mass is 16.5. The van der Waals surface area contributed by atoms with Gasteiger partial charge in [0.05, 0.1) is 5.56 Å². The molecule has 2 aromatic heterocycles. The number of carbonyl (C=O) groups excluding carboxylic acids is 2. The summed E-state index contributed by atoms with van der Waals surface area (Å²) >= 11 is 0. The number of benzene rings is 2. The molecule has 4 aromatic rings. The molecule has 2 aromatic carbocycles. The minimum absolute atomic E-state index is 0.207. The first kappa shape index (κ1) is 19.2. The van der Waals surface area contributed by atoms with Gasteiger partial charge in [-0.1, -0.05) is 18.2 Å². The number of furan rings is 1. The summed E-state index contributed by atoms with van der Waals surface area (Å²) in [5.41, 5.74) is 8.42. The Morgan fingerprint density at radius 3 is 2.81 bits per heavy atom. The maximum absolute atomic E-state index is 12.5. The van der Waals surface area contributed by atoms with E-state index < -0.39 is 5.91 Å². The van der Waals surface area contributed by atoms with Crippen LogP contribution in [0, 0.1) is 0 Å². The Balaban J connectivity index is 1.20.